The van der Waals surface area contributed by atoms with Gasteiger partial charge in [0, 0.05) is 6.07 Å². The molecule has 2 rings (SSSR count). The Morgan fingerprint density at radius 1 is 1.43 bits per heavy atom. The van der Waals surface area contributed by atoms with Crippen molar-refractivity contribution in [3.63, 3.8) is 0 Å². The van der Waals surface area contributed by atoms with Gasteiger partial charge in [0.1, 0.15) is 22.9 Å². The molecule has 21 heavy (non-hydrogen) atoms. The van der Waals surface area contributed by atoms with E-state index < -0.39 is 24.3 Å². The van der Waals surface area contributed by atoms with Crippen LogP contribution in [0.15, 0.2) is 28.8 Å². The molecule has 0 unspecified atom stereocenters. The minimum absolute atomic E-state index is 0.101. The number of hydrogen-bond acceptors (Lipinski definition) is 5. The van der Waals surface area contributed by atoms with E-state index in [0.29, 0.717) is 5.76 Å². The van der Waals surface area contributed by atoms with Crippen molar-refractivity contribution in [3.05, 3.63) is 41.4 Å². The summed E-state index contributed by atoms with van der Waals surface area (Å²) in [6.07, 6.45) is 0. The highest BCUT2D eigenvalue weighted by atomic mass is 19.1. The molecule has 0 spiro atoms. The molecule has 110 valence electrons. The fraction of sp³-hybridized carbons (Fsp3) is 0.154. The first kappa shape index (κ1) is 14.5. The summed E-state index contributed by atoms with van der Waals surface area (Å²) in [4.78, 5) is 22.5. The largest absolute Gasteiger partial charge is 0.483 e. The number of hydrogen-bond donors (Lipinski definition) is 2. The van der Waals surface area contributed by atoms with Crippen molar-refractivity contribution >= 4 is 17.7 Å². The summed E-state index contributed by atoms with van der Waals surface area (Å²) in [6, 6.07) is 4.52. The van der Waals surface area contributed by atoms with Crippen LogP contribution < -0.4 is 10.1 Å². The van der Waals surface area contributed by atoms with E-state index in [2.05, 4.69) is 10.5 Å². The molecular formula is C13H11FN2O5. The van der Waals surface area contributed by atoms with Crippen LogP contribution in [0.2, 0.25) is 0 Å². The lowest BCUT2D eigenvalue weighted by molar-refractivity contribution is -0.118. The van der Waals surface area contributed by atoms with Gasteiger partial charge in [0.25, 0.3) is 5.91 Å². The molecule has 0 aliphatic rings. The third-order valence-electron chi connectivity index (χ3n) is 2.43. The SMILES string of the molecule is Cc1cc(NC(=O)COc2ccc(F)cc2C(=O)O)no1. The van der Waals surface area contributed by atoms with Crippen LogP contribution in [0.4, 0.5) is 10.2 Å². The number of aryl methyl sites for hydroxylation is 1. The summed E-state index contributed by atoms with van der Waals surface area (Å²) in [7, 11) is 0. The maximum absolute atomic E-state index is 13.0. The summed E-state index contributed by atoms with van der Waals surface area (Å²) in [5.74, 6) is -1.96. The Kier molecular flexibility index (Phi) is 4.17. The third-order valence-corrected chi connectivity index (χ3v) is 2.43. The van der Waals surface area contributed by atoms with Gasteiger partial charge >= 0.3 is 5.97 Å². The van der Waals surface area contributed by atoms with E-state index in [4.69, 9.17) is 14.4 Å². The van der Waals surface area contributed by atoms with Gasteiger partial charge < -0.3 is 19.7 Å². The first-order valence-corrected chi connectivity index (χ1v) is 5.84. The van der Waals surface area contributed by atoms with Gasteiger partial charge in [-0.15, -0.1) is 0 Å². The average Bonchev–Trinajstić information content (AvgIpc) is 2.82. The van der Waals surface area contributed by atoms with Gasteiger partial charge in [0.15, 0.2) is 12.4 Å². The first-order valence-electron chi connectivity index (χ1n) is 5.84. The van der Waals surface area contributed by atoms with Crippen molar-refractivity contribution in [1.29, 1.82) is 0 Å². The fourth-order valence-corrected chi connectivity index (χ4v) is 1.54. The zero-order valence-corrected chi connectivity index (χ0v) is 10.9. The zero-order chi connectivity index (χ0) is 15.4. The summed E-state index contributed by atoms with van der Waals surface area (Å²) >= 11 is 0. The molecule has 0 aliphatic carbocycles. The fourth-order valence-electron chi connectivity index (χ4n) is 1.54. The molecule has 0 radical (unpaired) electrons. The molecule has 2 aromatic rings. The van der Waals surface area contributed by atoms with Gasteiger partial charge in [-0.3, -0.25) is 4.79 Å². The average molecular weight is 294 g/mol. The molecule has 0 bridgehead atoms. The number of ether oxygens (including phenoxy) is 1. The van der Waals surface area contributed by atoms with Crippen LogP contribution in [-0.2, 0) is 4.79 Å². The Hall–Kier alpha value is -2.90. The zero-order valence-electron chi connectivity index (χ0n) is 10.9. The minimum Gasteiger partial charge on any atom is -0.483 e. The van der Waals surface area contributed by atoms with Crippen LogP contribution in [0, 0.1) is 12.7 Å². The van der Waals surface area contributed by atoms with E-state index in [-0.39, 0.29) is 17.1 Å². The van der Waals surface area contributed by atoms with Crippen LogP contribution in [0.25, 0.3) is 0 Å². The third kappa shape index (κ3) is 3.78. The molecule has 1 aromatic carbocycles. The van der Waals surface area contributed by atoms with Gasteiger partial charge in [-0.25, -0.2) is 9.18 Å². The van der Waals surface area contributed by atoms with Crippen LogP contribution in [0.5, 0.6) is 5.75 Å². The van der Waals surface area contributed by atoms with Crippen molar-refractivity contribution in [1.82, 2.24) is 5.16 Å². The van der Waals surface area contributed by atoms with Crippen LogP contribution >= 0.6 is 0 Å². The summed E-state index contributed by atoms with van der Waals surface area (Å²) < 4.78 is 22.8. The highest BCUT2D eigenvalue weighted by Gasteiger charge is 2.14. The second-order valence-corrected chi connectivity index (χ2v) is 4.11. The van der Waals surface area contributed by atoms with Crippen molar-refractivity contribution in [2.24, 2.45) is 0 Å². The van der Waals surface area contributed by atoms with E-state index in [1.165, 1.54) is 6.07 Å². The summed E-state index contributed by atoms with van der Waals surface area (Å²) in [5.41, 5.74) is -0.361. The lowest BCUT2D eigenvalue weighted by Crippen LogP contribution is -2.21. The van der Waals surface area contributed by atoms with Crippen molar-refractivity contribution in [2.45, 2.75) is 6.92 Å². The molecular weight excluding hydrogens is 283 g/mol. The Morgan fingerprint density at radius 2 is 2.19 bits per heavy atom. The number of carboxylic acids is 1. The Morgan fingerprint density at radius 3 is 2.81 bits per heavy atom. The lowest BCUT2D eigenvalue weighted by Gasteiger charge is -2.08. The molecule has 1 heterocycles. The van der Waals surface area contributed by atoms with Crippen molar-refractivity contribution < 1.29 is 28.3 Å². The van der Waals surface area contributed by atoms with E-state index >= 15 is 0 Å². The topological polar surface area (TPSA) is 102 Å². The van der Waals surface area contributed by atoms with E-state index in [1.54, 1.807) is 6.92 Å². The Balaban J connectivity index is 1.99. The predicted molar refractivity (Wildman–Crippen MR) is 68.7 cm³/mol. The second-order valence-electron chi connectivity index (χ2n) is 4.11. The van der Waals surface area contributed by atoms with Gasteiger partial charge in [-0.1, -0.05) is 5.16 Å². The number of aromatic nitrogens is 1. The molecule has 0 aliphatic heterocycles. The lowest BCUT2D eigenvalue weighted by atomic mass is 10.2. The smallest absolute Gasteiger partial charge is 0.339 e. The maximum atomic E-state index is 13.0. The Labute approximate surface area is 118 Å². The summed E-state index contributed by atoms with van der Waals surface area (Å²) in [5, 5.41) is 14.9. The number of aromatic carboxylic acids is 1. The number of nitrogens with zero attached hydrogens (tertiary/aromatic N) is 1. The van der Waals surface area contributed by atoms with Crippen molar-refractivity contribution in [2.75, 3.05) is 11.9 Å². The quantitative estimate of drug-likeness (QED) is 0.872. The number of anilines is 1. The number of rotatable bonds is 5. The molecule has 8 heteroatoms. The van der Waals surface area contributed by atoms with Crippen molar-refractivity contribution in [3.8, 4) is 5.75 Å². The number of carboxylic acid groups (broad SMARTS) is 1. The highest BCUT2D eigenvalue weighted by molar-refractivity contribution is 5.92. The number of carbonyl (C=O) groups is 2. The molecule has 0 atom stereocenters. The van der Waals surface area contributed by atoms with Crippen LogP contribution in [-0.4, -0.2) is 28.7 Å². The van der Waals surface area contributed by atoms with Crippen LogP contribution in [0.3, 0.4) is 0 Å². The van der Waals surface area contributed by atoms with Gasteiger partial charge in [-0.2, -0.15) is 0 Å². The molecule has 0 fully saturated rings. The number of halogens is 1. The van der Waals surface area contributed by atoms with E-state index in [9.17, 15) is 14.0 Å². The number of amides is 1. The summed E-state index contributed by atoms with van der Waals surface area (Å²) in [6.45, 7) is 1.22. The number of nitrogens with one attached hydrogen (secondary N) is 1. The molecule has 2 N–H and O–H groups in total. The van der Waals surface area contributed by atoms with Crippen LogP contribution in [0.1, 0.15) is 16.1 Å². The van der Waals surface area contributed by atoms with Gasteiger partial charge in [0.2, 0.25) is 0 Å². The predicted octanol–water partition coefficient (Wildman–Crippen LogP) is 1.84. The highest BCUT2D eigenvalue weighted by Crippen LogP contribution is 2.19. The van der Waals surface area contributed by atoms with Gasteiger partial charge in [0.05, 0.1) is 0 Å². The van der Waals surface area contributed by atoms with Gasteiger partial charge in [-0.05, 0) is 25.1 Å². The molecule has 0 saturated heterocycles. The molecule has 1 aromatic heterocycles. The minimum atomic E-state index is -1.35. The first-order chi connectivity index (χ1) is 9.95. The molecule has 1 amide bonds. The number of carbonyl (C=O) groups excluding carboxylic acids is 1. The molecule has 7 nitrogen and oxygen atoms in total. The Bertz CT molecular complexity index is 683. The van der Waals surface area contributed by atoms with E-state index in [0.717, 1.165) is 18.2 Å². The monoisotopic (exact) mass is 294 g/mol. The maximum Gasteiger partial charge on any atom is 0.339 e. The number of benzene rings is 1. The van der Waals surface area contributed by atoms with E-state index in [1.807, 2.05) is 0 Å². The molecule has 0 saturated carbocycles. The standard InChI is InChI=1S/C13H11FN2O5/c1-7-4-11(16-21-7)15-12(17)6-20-10-3-2-8(14)5-9(10)13(18)19/h2-5H,6H2,1H3,(H,18,19)(H,15,16,17). The normalized spacial score (nSPS) is 10.2. The second kappa shape index (κ2) is 6.04.